The molecule has 9 heteroatoms. The Labute approximate surface area is 158 Å². The lowest BCUT2D eigenvalue weighted by molar-refractivity contribution is -0.138. The van der Waals surface area contributed by atoms with Crippen LogP contribution in [0, 0.1) is 0 Å². The Hall–Kier alpha value is -2.55. The number of carbonyl (C=O) groups is 2. The number of nitrogens with zero attached hydrogens (tertiary/aromatic N) is 2. The van der Waals surface area contributed by atoms with Crippen molar-refractivity contribution < 1.29 is 22.8 Å². The van der Waals surface area contributed by atoms with E-state index in [1.807, 2.05) is 30.3 Å². The highest BCUT2D eigenvalue weighted by molar-refractivity contribution is 7.99. The van der Waals surface area contributed by atoms with E-state index in [9.17, 15) is 22.8 Å². The summed E-state index contributed by atoms with van der Waals surface area (Å²) in [6, 6.07) is 11.4. The van der Waals surface area contributed by atoms with Crippen LogP contribution in [0.15, 0.2) is 53.7 Å². The summed E-state index contributed by atoms with van der Waals surface area (Å²) in [5, 5.41) is 0.311. The summed E-state index contributed by atoms with van der Waals surface area (Å²) in [5.41, 5.74) is 5.22. The molecule has 0 radical (unpaired) electrons. The third-order valence-corrected chi connectivity index (χ3v) is 4.53. The van der Waals surface area contributed by atoms with Gasteiger partial charge in [0.25, 0.3) is 0 Å². The van der Waals surface area contributed by atoms with E-state index in [0.717, 1.165) is 29.6 Å². The van der Waals surface area contributed by atoms with E-state index in [1.165, 1.54) is 11.0 Å². The second-order valence-electron chi connectivity index (χ2n) is 5.69. The smallest absolute Gasteiger partial charge is 0.370 e. The molecule has 5 nitrogen and oxygen atoms in total. The molecule has 1 aromatic carbocycles. The van der Waals surface area contributed by atoms with E-state index in [0.29, 0.717) is 11.6 Å². The Morgan fingerprint density at radius 1 is 1.11 bits per heavy atom. The quantitative estimate of drug-likeness (QED) is 0.695. The Balaban J connectivity index is 1.98. The molecule has 0 fully saturated rings. The standard InChI is InChI=1S/C18H18F3N3O2S/c19-18(20,21)14-6-7-16(23-10-14)27-12-17(26)24(9-8-15(22)25)11-13-4-2-1-3-5-13/h1-7,10H,8-9,11-12H2,(H2,22,25). The normalized spacial score (nSPS) is 11.2. The predicted octanol–water partition coefficient (Wildman–Crippen LogP) is 3.10. The number of hydrogen-bond acceptors (Lipinski definition) is 4. The van der Waals surface area contributed by atoms with E-state index >= 15 is 0 Å². The maximum atomic E-state index is 12.6. The third-order valence-electron chi connectivity index (χ3n) is 3.60. The maximum Gasteiger partial charge on any atom is 0.417 e. The molecule has 0 aliphatic rings. The topological polar surface area (TPSA) is 76.3 Å². The van der Waals surface area contributed by atoms with Crippen LogP contribution >= 0.6 is 11.8 Å². The third kappa shape index (κ3) is 6.93. The van der Waals surface area contributed by atoms with Gasteiger partial charge in [0.05, 0.1) is 16.3 Å². The lowest BCUT2D eigenvalue weighted by Crippen LogP contribution is -2.34. The van der Waals surface area contributed by atoms with Gasteiger partial charge in [0.1, 0.15) is 0 Å². The van der Waals surface area contributed by atoms with Gasteiger partial charge in [0, 0.05) is 25.7 Å². The molecule has 0 unspecified atom stereocenters. The van der Waals surface area contributed by atoms with Crippen molar-refractivity contribution in [1.82, 2.24) is 9.88 Å². The van der Waals surface area contributed by atoms with Gasteiger partial charge in [-0.15, -0.1) is 0 Å². The summed E-state index contributed by atoms with van der Waals surface area (Å²) in [6.45, 7) is 0.484. The molecular weight excluding hydrogens is 379 g/mol. The molecule has 0 atom stereocenters. The van der Waals surface area contributed by atoms with E-state index in [1.54, 1.807) is 0 Å². The number of nitrogens with two attached hydrogens (primary N) is 1. The van der Waals surface area contributed by atoms with Crippen molar-refractivity contribution in [1.29, 1.82) is 0 Å². The molecule has 0 bridgehead atoms. The summed E-state index contributed by atoms with van der Waals surface area (Å²) in [5.74, 6) is -0.783. The van der Waals surface area contributed by atoms with Gasteiger partial charge in [0.15, 0.2) is 0 Å². The number of rotatable bonds is 8. The number of halogens is 3. The van der Waals surface area contributed by atoms with E-state index < -0.39 is 17.6 Å². The van der Waals surface area contributed by atoms with Crippen molar-refractivity contribution in [2.45, 2.75) is 24.2 Å². The van der Waals surface area contributed by atoms with Crippen LogP contribution in [0.2, 0.25) is 0 Å². The molecule has 1 heterocycles. The first-order chi connectivity index (χ1) is 12.8. The van der Waals surface area contributed by atoms with E-state index in [2.05, 4.69) is 4.98 Å². The van der Waals surface area contributed by atoms with Gasteiger partial charge in [-0.1, -0.05) is 42.1 Å². The summed E-state index contributed by atoms with van der Waals surface area (Å²) in [7, 11) is 0. The number of alkyl halides is 3. The molecule has 2 N–H and O–H groups in total. The predicted molar refractivity (Wildman–Crippen MR) is 95.6 cm³/mol. The number of amides is 2. The molecule has 2 rings (SSSR count). The van der Waals surface area contributed by atoms with Crippen LogP contribution in [0.4, 0.5) is 13.2 Å². The van der Waals surface area contributed by atoms with Crippen LogP contribution in [0.5, 0.6) is 0 Å². The minimum Gasteiger partial charge on any atom is -0.370 e. The van der Waals surface area contributed by atoms with Crippen LogP contribution in [-0.2, 0) is 22.3 Å². The first-order valence-corrected chi connectivity index (χ1v) is 9.00. The van der Waals surface area contributed by atoms with Crippen molar-refractivity contribution in [3.8, 4) is 0 Å². The largest absolute Gasteiger partial charge is 0.417 e. The zero-order valence-electron chi connectivity index (χ0n) is 14.3. The number of hydrogen-bond donors (Lipinski definition) is 1. The van der Waals surface area contributed by atoms with E-state index in [-0.39, 0.29) is 24.6 Å². The molecule has 0 saturated heterocycles. The van der Waals surface area contributed by atoms with Crippen molar-refractivity contribution >= 4 is 23.6 Å². The molecular formula is C18H18F3N3O2S. The first kappa shape index (κ1) is 20.8. The number of primary amides is 1. The van der Waals surface area contributed by atoms with Gasteiger partial charge >= 0.3 is 6.18 Å². The van der Waals surface area contributed by atoms with E-state index in [4.69, 9.17) is 5.73 Å². The highest BCUT2D eigenvalue weighted by Crippen LogP contribution is 2.29. The number of thioether (sulfide) groups is 1. The molecule has 2 aromatic rings. The molecule has 144 valence electrons. The molecule has 0 aliphatic carbocycles. The molecule has 27 heavy (non-hydrogen) atoms. The second-order valence-corrected chi connectivity index (χ2v) is 6.68. The van der Waals surface area contributed by atoms with Crippen LogP contribution in [0.3, 0.4) is 0 Å². The SMILES string of the molecule is NC(=O)CCN(Cc1ccccc1)C(=O)CSc1ccc(C(F)(F)F)cn1. The number of pyridine rings is 1. The van der Waals surface area contributed by atoms with Crippen LogP contribution in [0.25, 0.3) is 0 Å². The second kappa shape index (κ2) is 9.40. The zero-order chi connectivity index (χ0) is 19.9. The number of benzene rings is 1. The molecule has 0 saturated carbocycles. The zero-order valence-corrected chi connectivity index (χ0v) is 15.1. The summed E-state index contributed by atoms with van der Waals surface area (Å²) < 4.78 is 37.7. The summed E-state index contributed by atoms with van der Waals surface area (Å²) >= 11 is 1.04. The highest BCUT2D eigenvalue weighted by atomic mass is 32.2. The average molecular weight is 397 g/mol. The fourth-order valence-electron chi connectivity index (χ4n) is 2.20. The highest BCUT2D eigenvalue weighted by Gasteiger charge is 2.30. The van der Waals surface area contributed by atoms with Gasteiger partial charge in [-0.25, -0.2) is 4.98 Å². The number of aromatic nitrogens is 1. The minimum atomic E-state index is -4.45. The Morgan fingerprint density at radius 2 is 1.81 bits per heavy atom. The summed E-state index contributed by atoms with van der Waals surface area (Å²) in [4.78, 5) is 28.8. The fraction of sp³-hybridized carbons (Fsp3) is 0.278. The molecule has 1 aromatic heterocycles. The number of carbonyl (C=O) groups excluding carboxylic acids is 2. The van der Waals surface area contributed by atoms with Gasteiger partial charge < -0.3 is 10.6 Å². The molecule has 0 aliphatic heterocycles. The maximum absolute atomic E-state index is 12.6. The van der Waals surface area contributed by atoms with Crippen LogP contribution < -0.4 is 5.73 Å². The molecule has 2 amide bonds. The lowest BCUT2D eigenvalue weighted by atomic mass is 10.2. The monoisotopic (exact) mass is 397 g/mol. The van der Waals surface area contributed by atoms with Gasteiger partial charge in [-0.3, -0.25) is 9.59 Å². The van der Waals surface area contributed by atoms with Gasteiger partial charge in [-0.05, 0) is 17.7 Å². The fourth-order valence-corrected chi connectivity index (χ4v) is 2.95. The first-order valence-electron chi connectivity index (χ1n) is 8.02. The lowest BCUT2D eigenvalue weighted by Gasteiger charge is -2.22. The van der Waals surface area contributed by atoms with Crippen molar-refractivity contribution in [2.75, 3.05) is 12.3 Å². The Bertz CT molecular complexity index is 768. The summed E-state index contributed by atoms with van der Waals surface area (Å²) in [6.07, 6.45) is -3.68. The van der Waals surface area contributed by atoms with Crippen LogP contribution in [-0.4, -0.2) is 34.0 Å². The van der Waals surface area contributed by atoms with Crippen molar-refractivity contribution in [2.24, 2.45) is 5.73 Å². The van der Waals surface area contributed by atoms with Gasteiger partial charge in [0.2, 0.25) is 11.8 Å². The Kier molecular flexibility index (Phi) is 7.23. The van der Waals surface area contributed by atoms with Crippen LogP contribution in [0.1, 0.15) is 17.5 Å². The van der Waals surface area contributed by atoms with Crippen molar-refractivity contribution in [3.05, 3.63) is 59.8 Å². The minimum absolute atomic E-state index is 0.00996. The van der Waals surface area contributed by atoms with Gasteiger partial charge in [-0.2, -0.15) is 13.2 Å². The average Bonchev–Trinajstić information content (AvgIpc) is 2.63. The Morgan fingerprint density at radius 3 is 2.37 bits per heavy atom. The van der Waals surface area contributed by atoms with Crippen molar-refractivity contribution in [3.63, 3.8) is 0 Å². The molecule has 0 spiro atoms.